The van der Waals surface area contributed by atoms with Crippen LogP contribution in [-0.2, 0) is 31.8 Å². The molecule has 7 nitrogen and oxygen atoms in total. The molecule has 0 unspecified atom stereocenters. The van der Waals surface area contributed by atoms with Gasteiger partial charge in [-0.1, -0.05) is 60.7 Å². The minimum atomic E-state index is -3.84. The Hall–Kier alpha value is -3.13. The molecule has 3 rings (SSSR count). The third-order valence-corrected chi connectivity index (χ3v) is 6.08. The number of hydrogen-bond acceptors (Lipinski definition) is 4. The molecule has 0 bridgehead atoms. The topological polar surface area (TPSA) is 95.0 Å². The quantitative estimate of drug-likeness (QED) is 0.765. The monoisotopic (exact) mass is 400 g/mol. The summed E-state index contributed by atoms with van der Waals surface area (Å²) >= 11 is 0. The van der Waals surface area contributed by atoms with E-state index >= 15 is 0 Å². The van der Waals surface area contributed by atoms with Crippen LogP contribution in [0, 0.1) is 0 Å². The fourth-order valence-electron chi connectivity index (χ4n) is 3.06. The highest BCUT2D eigenvalue weighted by molar-refractivity contribution is 7.88. The van der Waals surface area contributed by atoms with E-state index in [1.165, 1.54) is 12.4 Å². The van der Waals surface area contributed by atoms with Gasteiger partial charge in [0.1, 0.15) is 12.6 Å². The first-order valence-electron chi connectivity index (χ1n) is 8.66. The first kappa shape index (κ1) is 19.6. The number of nitrogens with zero attached hydrogens (tertiary/aromatic N) is 2. The second-order valence-corrected chi connectivity index (χ2v) is 8.31. The zero-order chi connectivity index (χ0) is 20.1. The van der Waals surface area contributed by atoms with Gasteiger partial charge in [-0.2, -0.15) is 0 Å². The Labute approximate surface area is 163 Å². The molecule has 1 heterocycles. The number of sulfonamides is 1. The molecule has 0 aromatic heterocycles. The van der Waals surface area contributed by atoms with E-state index in [4.69, 9.17) is 5.11 Å². The van der Waals surface area contributed by atoms with E-state index in [1.54, 1.807) is 54.6 Å². The number of rotatable bonds is 7. The zero-order valence-corrected chi connectivity index (χ0v) is 15.8. The molecule has 1 aliphatic rings. The number of benzene rings is 2. The summed E-state index contributed by atoms with van der Waals surface area (Å²) in [6, 6.07) is 16.7. The van der Waals surface area contributed by atoms with Crippen molar-refractivity contribution >= 4 is 21.9 Å². The third kappa shape index (κ3) is 4.58. The lowest BCUT2D eigenvalue weighted by Crippen LogP contribution is -2.52. The van der Waals surface area contributed by atoms with Gasteiger partial charge < -0.3 is 10.0 Å². The average molecular weight is 400 g/mol. The Morgan fingerprint density at radius 3 is 2.07 bits per heavy atom. The van der Waals surface area contributed by atoms with Gasteiger partial charge >= 0.3 is 5.97 Å². The van der Waals surface area contributed by atoms with Crippen LogP contribution in [0.5, 0.6) is 0 Å². The molecule has 0 saturated heterocycles. The molecular weight excluding hydrogens is 380 g/mol. The highest BCUT2D eigenvalue weighted by Gasteiger charge is 2.38. The van der Waals surface area contributed by atoms with Gasteiger partial charge in [-0.3, -0.25) is 13.9 Å². The summed E-state index contributed by atoms with van der Waals surface area (Å²) in [6.45, 7) is -0.521. The summed E-state index contributed by atoms with van der Waals surface area (Å²) in [6.07, 6.45) is 2.63. The van der Waals surface area contributed by atoms with E-state index in [9.17, 15) is 18.0 Å². The van der Waals surface area contributed by atoms with E-state index < -0.39 is 34.5 Å². The molecule has 0 saturated carbocycles. The number of carboxylic acids is 1. The number of carbonyl (C=O) groups is 2. The van der Waals surface area contributed by atoms with Crippen molar-refractivity contribution in [1.29, 1.82) is 0 Å². The van der Waals surface area contributed by atoms with E-state index in [1.807, 2.05) is 6.07 Å². The summed E-state index contributed by atoms with van der Waals surface area (Å²) in [5.41, 5.74) is 1.39. The lowest BCUT2D eigenvalue weighted by molar-refractivity contribution is -0.144. The van der Waals surface area contributed by atoms with Gasteiger partial charge in [-0.15, -0.1) is 0 Å². The Kier molecular flexibility index (Phi) is 5.79. The van der Waals surface area contributed by atoms with Crippen LogP contribution in [0.25, 0.3) is 0 Å². The number of aliphatic carboxylic acids is 1. The molecule has 1 atom stereocenters. The molecule has 0 fully saturated rings. The molecule has 28 heavy (non-hydrogen) atoms. The number of amides is 1. The summed E-state index contributed by atoms with van der Waals surface area (Å²) in [5.74, 6) is -1.99. The standard InChI is InChI=1S/C20H20N2O5S/c23-19(24)14-21-11-12-22(28(26,27)15-17-9-5-2-6-10-17)18(20(21)25)13-16-7-3-1-4-8-16/h1-12,18H,13-15H2,(H,23,24)/t18-/m0/s1. The van der Waals surface area contributed by atoms with Crippen molar-refractivity contribution in [3.8, 4) is 0 Å². The Morgan fingerprint density at radius 2 is 1.50 bits per heavy atom. The normalized spacial score (nSPS) is 17.0. The van der Waals surface area contributed by atoms with Crippen molar-refractivity contribution in [2.75, 3.05) is 6.54 Å². The smallest absolute Gasteiger partial charge is 0.323 e. The van der Waals surface area contributed by atoms with E-state index in [2.05, 4.69) is 0 Å². The van der Waals surface area contributed by atoms with Gasteiger partial charge in [0.25, 0.3) is 5.91 Å². The van der Waals surface area contributed by atoms with Crippen LogP contribution >= 0.6 is 0 Å². The molecular formula is C20H20N2O5S. The maximum Gasteiger partial charge on any atom is 0.323 e. The van der Waals surface area contributed by atoms with Crippen molar-refractivity contribution < 1.29 is 23.1 Å². The summed E-state index contributed by atoms with van der Waals surface area (Å²) in [5, 5.41) is 9.02. The molecule has 1 aliphatic heterocycles. The fourth-order valence-corrected chi connectivity index (χ4v) is 4.62. The van der Waals surface area contributed by atoms with E-state index in [-0.39, 0.29) is 12.2 Å². The summed E-state index contributed by atoms with van der Waals surface area (Å²) in [7, 11) is -3.84. The Bertz CT molecular complexity index is 974. The Morgan fingerprint density at radius 1 is 0.929 bits per heavy atom. The van der Waals surface area contributed by atoms with Gasteiger partial charge in [0, 0.05) is 18.8 Å². The lowest BCUT2D eigenvalue weighted by Gasteiger charge is -2.35. The Balaban J connectivity index is 1.93. The number of carbonyl (C=O) groups excluding carboxylic acids is 1. The predicted molar refractivity (Wildman–Crippen MR) is 103 cm³/mol. The van der Waals surface area contributed by atoms with Gasteiger partial charge in [0.15, 0.2) is 0 Å². The highest BCUT2D eigenvalue weighted by atomic mass is 32.2. The largest absolute Gasteiger partial charge is 0.480 e. The van der Waals surface area contributed by atoms with Gasteiger partial charge in [0.2, 0.25) is 10.0 Å². The molecule has 8 heteroatoms. The van der Waals surface area contributed by atoms with Crippen LogP contribution in [0.15, 0.2) is 73.1 Å². The number of carboxylic acid groups (broad SMARTS) is 1. The van der Waals surface area contributed by atoms with Crippen molar-refractivity contribution in [3.05, 3.63) is 84.2 Å². The first-order valence-corrected chi connectivity index (χ1v) is 10.3. The molecule has 1 N–H and O–H groups in total. The van der Waals surface area contributed by atoms with Crippen LogP contribution in [0.1, 0.15) is 11.1 Å². The molecule has 2 aromatic carbocycles. The predicted octanol–water partition coefficient (Wildman–Crippen LogP) is 1.83. The molecule has 146 valence electrons. The molecule has 0 spiro atoms. The molecule has 1 amide bonds. The van der Waals surface area contributed by atoms with E-state index in [0.717, 1.165) is 14.8 Å². The van der Waals surface area contributed by atoms with Crippen LogP contribution in [-0.4, -0.2) is 47.2 Å². The molecule has 0 aliphatic carbocycles. The van der Waals surface area contributed by atoms with Crippen molar-refractivity contribution in [2.45, 2.75) is 18.2 Å². The third-order valence-electron chi connectivity index (χ3n) is 4.36. The summed E-state index contributed by atoms with van der Waals surface area (Å²) in [4.78, 5) is 25.0. The van der Waals surface area contributed by atoms with Crippen LogP contribution in [0.4, 0.5) is 0 Å². The van der Waals surface area contributed by atoms with Crippen molar-refractivity contribution in [1.82, 2.24) is 9.21 Å². The second-order valence-electron chi connectivity index (χ2n) is 6.44. The maximum atomic E-state index is 13.0. The lowest BCUT2D eigenvalue weighted by atomic mass is 10.0. The number of hydrogen-bond donors (Lipinski definition) is 1. The summed E-state index contributed by atoms with van der Waals surface area (Å²) < 4.78 is 27.1. The maximum absolute atomic E-state index is 13.0. The molecule has 0 radical (unpaired) electrons. The van der Waals surface area contributed by atoms with E-state index in [0.29, 0.717) is 5.56 Å². The zero-order valence-electron chi connectivity index (χ0n) is 15.0. The van der Waals surface area contributed by atoms with Gasteiger partial charge in [0.05, 0.1) is 5.75 Å². The van der Waals surface area contributed by atoms with Gasteiger partial charge in [-0.25, -0.2) is 8.42 Å². The van der Waals surface area contributed by atoms with Crippen molar-refractivity contribution in [3.63, 3.8) is 0 Å². The van der Waals surface area contributed by atoms with Crippen LogP contribution in [0.2, 0.25) is 0 Å². The minimum Gasteiger partial charge on any atom is -0.480 e. The fraction of sp³-hybridized carbons (Fsp3) is 0.200. The van der Waals surface area contributed by atoms with Crippen molar-refractivity contribution in [2.24, 2.45) is 0 Å². The average Bonchev–Trinajstić information content (AvgIpc) is 2.66. The minimum absolute atomic E-state index is 0.147. The van der Waals surface area contributed by atoms with Crippen LogP contribution in [0.3, 0.4) is 0 Å². The highest BCUT2D eigenvalue weighted by Crippen LogP contribution is 2.23. The SMILES string of the molecule is O=C(O)CN1C=CN(S(=O)(=O)Cc2ccccc2)[C@@H](Cc2ccccc2)C1=O. The first-order chi connectivity index (χ1) is 13.4. The second kappa shape index (κ2) is 8.26. The van der Waals surface area contributed by atoms with Gasteiger partial charge in [-0.05, 0) is 11.1 Å². The van der Waals surface area contributed by atoms with Crippen LogP contribution < -0.4 is 0 Å². The molecule has 2 aromatic rings.